The van der Waals surface area contributed by atoms with Crippen molar-refractivity contribution in [1.82, 2.24) is 9.97 Å². The summed E-state index contributed by atoms with van der Waals surface area (Å²) in [5.41, 5.74) is 6.41. The number of anilines is 2. The quantitative estimate of drug-likeness (QED) is 0.520. The first kappa shape index (κ1) is 18.7. The predicted octanol–water partition coefficient (Wildman–Crippen LogP) is 4.78. The van der Waals surface area contributed by atoms with Crippen molar-refractivity contribution in [2.45, 2.75) is 13.3 Å². The monoisotopic (exact) mass is 384 g/mol. The molecule has 1 heterocycles. The first-order chi connectivity index (χ1) is 14.0. The van der Waals surface area contributed by atoms with Crippen LogP contribution in [0.3, 0.4) is 0 Å². The number of imidazole rings is 1. The van der Waals surface area contributed by atoms with Crippen LogP contribution in [0, 0.1) is 6.92 Å². The fourth-order valence-electron chi connectivity index (χ4n) is 3.34. The van der Waals surface area contributed by atoms with Crippen molar-refractivity contribution < 1.29 is 4.79 Å². The Balaban J connectivity index is 1.66. The number of fused-ring (bicyclic) bond motifs is 1. The first-order valence-corrected chi connectivity index (χ1v) is 9.61. The van der Waals surface area contributed by atoms with Gasteiger partial charge in [-0.3, -0.25) is 4.79 Å². The minimum atomic E-state index is -0.128. The molecule has 0 radical (unpaired) electrons. The third kappa shape index (κ3) is 4.14. The van der Waals surface area contributed by atoms with Crippen LogP contribution in [0.1, 0.15) is 27.3 Å². The third-order valence-electron chi connectivity index (χ3n) is 4.91. The second kappa shape index (κ2) is 7.80. The van der Waals surface area contributed by atoms with Crippen LogP contribution in [-0.4, -0.2) is 30.0 Å². The van der Waals surface area contributed by atoms with Gasteiger partial charge in [-0.05, 0) is 36.8 Å². The standard InChI is InChI=1S/C24H24N4O/c1-16-9-11-18(12-10-16)24(29)27-21-14-19-20(15-22(21)28(2)3)26-23(25-19)13-17-7-5-4-6-8-17/h4-12,14-15H,13H2,1-3H3,(H,25,26)(H,27,29). The van der Waals surface area contributed by atoms with E-state index < -0.39 is 0 Å². The molecule has 4 aromatic rings. The van der Waals surface area contributed by atoms with Crippen LogP contribution in [-0.2, 0) is 6.42 Å². The summed E-state index contributed by atoms with van der Waals surface area (Å²) < 4.78 is 0. The Labute approximate surface area is 170 Å². The van der Waals surface area contributed by atoms with Crippen LogP contribution in [0.2, 0.25) is 0 Å². The summed E-state index contributed by atoms with van der Waals surface area (Å²) in [6.45, 7) is 2.00. The van der Waals surface area contributed by atoms with Crippen LogP contribution >= 0.6 is 0 Å². The van der Waals surface area contributed by atoms with E-state index >= 15 is 0 Å². The fraction of sp³-hybridized carbons (Fsp3) is 0.167. The molecular weight excluding hydrogens is 360 g/mol. The first-order valence-electron chi connectivity index (χ1n) is 9.61. The highest BCUT2D eigenvalue weighted by molar-refractivity contribution is 6.07. The zero-order chi connectivity index (χ0) is 20.4. The number of rotatable bonds is 5. The molecule has 3 aromatic carbocycles. The number of benzene rings is 3. The number of H-pyrrole nitrogens is 1. The third-order valence-corrected chi connectivity index (χ3v) is 4.91. The maximum Gasteiger partial charge on any atom is 0.255 e. The average molecular weight is 384 g/mol. The number of carbonyl (C=O) groups excluding carboxylic acids is 1. The number of aromatic nitrogens is 2. The van der Waals surface area contributed by atoms with E-state index in [1.54, 1.807) is 0 Å². The van der Waals surface area contributed by atoms with Crippen molar-refractivity contribution in [3.05, 3.63) is 89.2 Å². The Morgan fingerprint density at radius 2 is 1.76 bits per heavy atom. The van der Waals surface area contributed by atoms with Gasteiger partial charge in [-0.2, -0.15) is 0 Å². The Hall–Kier alpha value is -3.60. The molecule has 146 valence electrons. The summed E-state index contributed by atoms with van der Waals surface area (Å²) >= 11 is 0. The van der Waals surface area contributed by atoms with Gasteiger partial charge in [0.15, 0.2) is 0 Å². The van der Waals surface area contributed by atoms with Gasteiger partial charge < -0.3 is 15.2 Å². The van der Waals surface area contributed by atoms with Gasteiger partial charge >= 0.3 is 0 Å². The van der Waals surface area contributed by atoms with Crippen LogP contribution in [0.5, 0.6) is 0 Å². The largest absolute Gasteiger partial charge is 0.376 e. The molecule has 0 saturated heterocycles. The lowest BCUT2D eigenvalue weighted by Gasteiger charge is -2.18. The van der Waals surface area contributed by atoms with Gasteiger partial charge in [-0.1, -0.05) is 48.0 Å². The van der Waals surface area contributed by atoms with Gasteiger partial charge in [0.25, 0.3) is 5.91 Å². The van der Waals surface area contributed by atoms with E-state index in [-0.39, 0.29) is 5.91 Å². The van der Waals surface area contributed by atoms with Crippen LogP contribution in [0.4, 0.5) is 11.4 Å². The smallest absolute Gasteiger partial charge is 0.255 e. The van der Waals surface area contributed by atoms with E-state index in [1.807, 2.05) is 80.5 Å². The number of hydrogen-bond donors (Lipinski definition) is 2. The Bertz CT molecular complexity index is 1140. The number of aryl methyl sites for hydroxylation is 1. The molecular formula is C24H24N4O. The van der Waals surface area contributed by atoms with Crippen molar-refractivity contribution in [1.29, 1.82) is 0 Å². The van der Waals surface area contributed by atoms with Gasteiger partial charge in [-0.15, -0.1) is 0 Å². The van der Waals surface area contributed by atoms with E-state index in [2.05, 4.69) is 22.4 Å². The summed E-state index contributed by atoms with van der Waals surface area (Å²) in [6, 6.07) is 21.8. The fourth-order valence-corrected chi connectivity index (χ4v) is 3.34. The minimum Gasteiger partial charge on any atom is -0.376 e. The van der Waals surface area contributed by atoms with E-state index in [4.69, 9.17) is 4.98 Å². The molecule has 29 heavy (non-hydrogen) atoms. The lowest BCUT2D eigenvalue weighted by Crippen LogP contribution is -2.16. The lowest BCUT2D eigenvalue weighted by atomic mass is 10.1. The molecule has 0 bridgehead atoms. The van der Waals surface area contributed by atoms with Gasteiger partial charge in [0.2, 0.25) is 0 Å². The number of nitrogens with zero attached hydrogens (tertiary/aromatic N) is 2. The van der Waals surface area contributed by atoms with E-state index in [9.17, 15) is 4.79 Å². The molecule has 0 spiro atoms. The Morgan fingerprint density at radius 1 is 1.03 bits per heavy atom. The molecule has 0 atom stereocenters. The summed E-state index contributed by atoms with van der Waals surface area (Å²) in [6.07, 6.45) is 0.734. The van der Waals surface area contributed by atoms with Crippen LogP contribution in [0.15, 0.2) is 66.7 Å². The topological polar surface area (TPSA) is 61.0 Å². The summed E-state index contributed by atoms with van der Waals surface area (Å²) in [7, 11) is 3.92. The highest BCUT2D eigenvalue weighted by atomic mass is 16.1. The molecule has 0 fully saturated rings. The molecule has 4 rings (SSSR count). The Kier molecular flexibility index (Phi) is 5.04. The van der Waals surface area contributed by atoms with Gasteiger partial charge in [0.1, 0.15) is 5.82 Å². The van der Waals surface area contributed by atoms with Crippen molar-refractivity contribution in [2.24, 2.45) is 0 Å². The summed E-state index contributed by atoms with van der Waals surface area (Å²) in [5, 5.41) is 3.05. The number of aromatic amines is 1. The van der Waals surface area contributed by atoms with Crippen molar-refractivity contribution in [3.8, 4) is 0 Å². The predicted molar refractivity (Wildman–Crippen MR) is 119 cm³/mol. The van der Waals surface area contributed by atoms with Crippen molar-refractivity contribution in [2.75, 3.05) is 24.3 Å². The Morgan fingerprint density at radius 3 is 2.45 bits per heavy atom. The lowest BCUT2D eigenvalue weighted by molar-refractivity contribution is 0.102. The summed E-state index contributed by atoms with van der Waals surface area (Å²) in [4.78, 5) is 22.8. The van der Waals surface area contributed by atoms with Crippen molar-refractivity contribution >= 4 is 28.3 Å². The maximum atomic E-state index is 12.7. The SMILES string of the molecule is Cc1ccc(C(=O)Nc2cc3[nH]c(Cc4ccccc4)nc3cc2N(C)C)cc1. The van der Waals surface area contributed by atoms with E-state index in [0.717, 1.165) is 40.2 Å². The highest BCUT2D eigenvalue weighted by Gasteiger charge is 2.14. The molecule has 5 nitrogen and oxygen atoms in total. The van der Waals surface area contributed by atoms with Gasteiger partial charge in [0, 0.05) is 26.1 Å². The number of amides is 1. The molecule has 0 unspecified atom stereocenters. The second-order valence-corrected chi connectivity index (χ2v) is 7.45. The van der Waals surface area contributed by atoms with Crippen molar-refractivity contribution in [3.63, 3.8) is 0 Å². The van der Waals surface area contributed by atoms with E-state index in [1.165, 1.54) is 5.56 Å². The van der Waals surface area contributed by atoms with Crippen LogP contribution in [0.25, 0.3) is 11.0 Å². The molecule has 0 saturated carbocycles. The molecule has 1 amide bonds. The molecule has 0 aliphatic heterocycles. The maximum absolute atomic E-state index is 12.7. The van der Waals surface area contributed by atoms with Crippen LogP contribution < -0.4 is 10.2 Å². The summed E-state index contributed by atoms with van der Waals surface area (Å²) in [5.74, 6) is 0.773. The normalized spacial score (nSPS) is 10.9. The van der Waals surface area contributed by atoms with E-state index in [0.29, 0.717) is 5.56 Å². The highest BCUT2D eigenvalue weighted by Crippen LogP contribution is 2.30. The molecule has 1 aromatic heterocycles. The molecule has 0 aliphatic carbocycles. The zero-order valence-electron chi connectivity index (χ0n) is 16.9. The van der Waals surface area contributed by atoms with Gasteiger partial charge in [-0.25, -0.2) is 4.98 Å². The number of nitrogens with one attached hydrogen (secondary N) is 2. The number of carbonyl (C=O) groups is 1. The molecule has 2 N–H and O–H groups in total. The second-order valence-electron chi connectivity index (χ2n) is 7.45. The molecule has 5 heteroatoms. The number of hydrogen-bond acceptors (Lipinski definition) is 3. The average Bonchev–Trinajstić information content (AvgIpc) is 3.09. The molecule has 0 aliphatic rings. The zero-order valence-corrected chi connectivity index (χ0v) is 16.9. The van der Waals surface area contributed by atoms with Gasteiger partial charge in [0.05, 0.1) is 22.4 Å². The minimum absolute atomic E-state index is 0.128.